The number of alkyl halides is 5. The van der Waals surface area contributed by atoms with Gasteiger partial charge in [0.2, 0.25) is 0 Å². The van der Waals surface area contributed by atoms with Crippen LogP contribution >= 0.6 is 0 Å². The molecule has 0 spiro atoms. The van der Waals surface area contributed by atoms with E-state index in [0.29, 0.717) is 56.9 Å². The molecule has 1 aromatic rings. The number of fused-ring (bicyclic) bond motifs is 5. The molecule has 1 aromatic carbocycles. The third kappa shape index (κ3) is 7.11. The number of carbonyl (C=O) groups is 2. The van der Waals surface area contributed by atoms with Gasteiger partial charge in [-0.2, -0.15) is 22.0 Å². The fraction of sp³-hybridized carbons (Fsp3) is 0.758. The van der Waals surface area contributed by atoms with Crippen molar-refractivity contribution in [2.75, 3.05) is 31.2 Å². The highest BCUT2D eigenvalue weighted by atomic mass is 32.2. The van der Waals surface area contributed by atoms with Crippen LogP contribution < -0.4 is 4.74 Å². The van der Waals surface area contributed by atoms with E-state index in [2.05, 4.69) is 13.0 Å². The van der Waals surface area contributed by atoms with Gasteiger partial charge in [0.05, 0.1) is 19.3 Å². The molecule has 5 rings (SSSR count). The van der Waals surface area contributed by atoms with E-state index < -0.39 is 41.8 Å². The van der Waals surface area contributed by atoms with Crippen LogP contribution in [0.4, 0.5) is 26.7 Å². The Morgan fingerprint density at radius 2 is 1.89 bits per heavy atom. The molecular formula is C33H44F5NO5S. The summed E-state index contributed by atoms with van der Waals surface area (Å²) < 4.78 is 88.0. The molecule has 0 aromatic heterocycles. The van der Waals surface area contributed by atoms with E-state index >= 15 is 0 Å². The second kappa shape index (κ2) is 13.2. The minimum absolute atomic E-state index is 0.0664. The normalized spacial score (nSPS) is 30.8. The van der Waals surface area contributed by atoms with E-state index in [9.17, 15) is 35.8 Å². The Morgan fingerprint density at radius 3 is 2.60 bits per heavy atom. The standard InChI is InChI=1S/C33H44F5NO5S/c1-20-16-25-23(18-27(20)44-30(41)39-12-13-43-21(2)19-39)17-22(29-24(25)9-11-31(3)26(29)7-8-28(31)40)6-4-14-45(42)15-5-10-32(34,35)33(36,37)38/h16,18,21-22,24,26,29H,4-15,17,19H2,1-3H3/t21?,22-,24-,26+,29-,31+,45?/m1/s1. The van der Waals surface area contributed by atoms with Crippen LogP contribution in [0, 0.1) is 30.1 Å². The molecule has 1 amide bonds. The molecule has 0 radical (unpaired) electrons. The van der Waals surface area contributed by atoms with E-state index in [1.165, 1.54) is 5.56 Å². The first-order chi connectivity index (χ1) is 21.1. The topological polar surface area (TPSA) is 72.9 Å². The van der Waals surface area contributed by atoms with Crippen molar-refractivity contribution in [3.05, 3.63) is 28.8 Å². The molecule has 1 heterocycles. The van der Waals surface area contributed by atoms with Gasteiger partial charge in [0.15, 0.2) is 0 Å². The van der Waals surface area contributed by atoms with Gasteiger partial charge < -0.3 is 14.4 Å². The lowest BCUT2D eigenvalue weighted by Gasteiger charge is -2.52. The summed E-state index contributed by atoms with van der Waals surface area (Å²) >= 11 is 0. The molecule has 6 nitrogen and oxygen atoms in total. The van der Waals surface area contributed by atoms with Gasteiger partial charge in [-0.15, -0.1) is 0 Å². The Labute approximate surface area is 264 Å². The van der Waals surface area contributed by atoms with Gasteiger partial charge in [-0.25, -0.2) is 4.79 Å². The molecule has 2 unspecified atom stereocenters. The lowest BCUT2D eigenvalue weighted by atomic mass is 9.52. The zero-order valence-corrected chi connectivity index (χ0v) is 27.0. The van der Waals surface area contributed by atoms with Gasteiger partial charge in [-0.1, -0.05) is 13.0 Å². The second-order valence-corrected chi connectivity index (χ2v) is 15.5. The Morgan fingerprint density at radius 1 is 1.16 bits per heavy atom. The number of Topliss-reactive ketones (excluding diaryl/α,β-unsaturated/α-hetero) is 1. The molecule has 2 saturated carbocycles. The molecule has 4 aliphatic rings. The number of carbonyl (C=O) groups excluding carboxylic acids is 2. The number of ether oxygens (including phenoxy) is 2. The number of nitrogens with zero attached hydrogens (tertiary/aromatic N) is 1. The van der Waals surface area contributed by atoms with Gasteiger partial charge >= 0.3 is 18.2 Å². The zero-order valence-electron chi connectivity index (χ0n) is 26.2. The van der Waals surface area contributed by atoms with Gasteiger partial charge in [0.1, 0.15) is 11.5 Å². The number of hydrogen-bond donors (Lipinski definition) is 0. The molecule has 1 aliphatic heterocycles. The second-order valence-electron chi connectivity index (χ2n) is 13.8. The molecular weight excluding hydrogens is 617 g/mol. The van der Waals surface area contributed by atoms with Crippen LogP contribution in [0.5, 0.6) is 5.75 Å². The van der Waals surface area contributed by atoms with Crippen molar-refractivity contribution in [2.45, 2.75) is 103 Å². The Balaban J connectivity index is 1.30. The summed E-state index contributed by atoms with van der Waals surface area (Å²) in [5, 5.41) is 0. The molecule has 7 atom stereocenters. The maximum Gasteiger partial charge on any atom is 0.453 e. The fourth-order valence-electron chi connectivity index (χ4n) is 8.43. The van der Waals surface area contributed by atoms with E-state index in [0.717, 1.165) is 30.4 Å². The van der Waals surface area contributed by atoms with Crippen molar-refractivity contribution >= 4 is 22.7 Å². The van der Waals surface area contributed by atoms with Gasteiger partial charge in [0.25, 0.3) is 0 Å². The van der Waals surface area contributed by atoms with E-state index in [1.54, 1.807) is 4.90 Å². The highest BCUT2D eigenvalue weighted by Crippen LogP contribution is 2.61. The molecule has 3 aliphatic carbocycles. The maximum absolute atomic E-state index is 13.3. The predicted molar refractivity (Wildman–Crippen MR) is 160 cm³/mol. The Hall–Kier alpha value is -2.08. The third-order valence-corrected chi connectivity index (χ3v) is 12.3. The molecule has 0 N–H and O–H groups in total. The maximum atomic E-state index is 13.3. The molecule has 252 valence electrons. The average Bonchev–Trinajstić information content (AvgIpc) is 3.26. The van der Waals surface area contributed by atoms with Crippen LogP contribution in [0.25, 0.3) is 0 Å². The number of ketones is 1. The third-order valence-electron chi connectivity index (χ3n) is 10.8. The molecule has 3 fully saturated rings. The summed E-state index contributed by atoms with van der Waals surface area (Å²) in [6.07, 6.45) is -2.83. The number of rotatable bonds is 9. The van der Waals surface area contributed by atoms with Crippen molar-refractivity contribution in [3.8, 4) is 5.75 Å². The van der Waals surface area contributed by atoms with Crippen molar-refractivity contribution < 1.29 is 45.2 Å². The zero-order chi connectivity index (χ0) is 32.7. The molecule has 12 heteroatoms. The van der Waals surface area contributed by atoms with Crippen LogP contribution in [0.1, 0.15) is 87.8 Å². The number of morpholine rings is 1. The highest BCUT2D eigenvalue weighted by molar-refractivity contribution is 7.84. The smallest absolute Gasteiger partial charge is 0.410 e. The summed E-state index contributed by atoms with van der Waals surface area (Å²) in [7, 11) is -1.50. The van der Waals surface area contributed by atoms with Gasteiger partial charge in [-0.05, 0) is 105 Å². The first-order valence-electron chi connectivity index (χ1n) is 16.2. The van der Waals surface area contributed by atoms with Crippen molar-refractivity contribution in [2.24, 2.45) is 23.2 Å². The number of aryl methyl sites for hydroxylation is 1. The Kier molecular flexibility index (Phi) is 10.1. The van der Waals surface area contributed by atoms with Gasteiger partial charge in [-0.3, -0.25) is 9.00 Å². The first kappa shape index (κ1) is 34.3. The lowest BCUT2D eigenvalue weighted by molar-refractivity contribution is -0.284. The van der Waals surface area contributed by atoms with E-state index in [4.69, 9.17) is 9.47 Å². The van der Waals surface area contributed by atoms with E-state index in [1.807, 2.05) is 19.9 Å². The van der Waals surface area contributed by atoms with E-state index in [-0.39, 0.29) is 46.7 Å². The predicted octanol–water partition coefficient (Wildman–Crippen LogP) is 7.37. The van der Waals surface area contributed by atoms with Crippen LogP contribution in [-0.2, 0) is 26.8 Å². The summed E-state index contributed by atoms with van der Waals surface area (Å²) in [6, 6.07) is 4.11. The van der Waals surface area contributed by atoms with Crippen LogP contribution in [-0.4, -0.2) is 70.4 Å². The number of halogens is 5. The van der Waals surface area contributed by atoms with Crippen LogP contribution in [0.15, 0.2) is 12.1 Å². The van der Waals surface area contributed by atoms with Crippen molar-refractivity contribution in [1.29, 1.82) is 0 Å². The molecule has 0 bridgehead atoms. The quantitative estimate of drug-likeness (QED) is 0.259. The van der Waals surface area contributed by atoms with Crippen molar-refractivity contribution in [1.82, 2.24) is 4.90 Å². The van der Waals surface area contributed by atoms with Crippen molar-refractivity contribution in [3.63, 3.8) is 0 Å². The minimum Gasteiger partial charge on any atom is -0.410 e. The largest absolute Gasteiger partial charge is 0.453 e. The monoisotopic (exact) mass is 661 g/mol. The molecule has 45 heavy (non-hydrogen) atoms. The average molecular weight is 662 g/mol. The lowest BCUT2D eigenvalue weighted by Crippen LogP contribution is -2.46. The van der Waals surface area contributed by atoms with Crippen LogP contribution in [0.3, 0.4) is 0 Å². The fourth-order valence-corrected chi connectivity index (χ4v) is 9.59. The SMILES string of the molecule is Cc1cc2c(cc1OC(=O)N1CCOC(C)C1)C[C@@H](CCCS(=O)CCCC(F)(F)C(F)(F)F)[C@@H]1[C@@H]2CC[C@]2(C)C(=O)CC[C@@H]12. The first-order valence-corrected chi connectivity index (χ1v) is 17.6. The summed E-state index contributed by atoms with van der Waals surface area (Å²) in [5.41, 5.74) is 2.86. The minimum atomic E-state index is -5.60. The van der Waals surface area contributed by atoms with Gasteiger partial charge in [0, 0.05) is 47.1 Å². The Bertz CT molecular complexity index is 1300. The summed E-state index contributed by atoms with van der Waals surface area (Å²) in [5.74, 6) is -3.00. The molecule has 1 saturated heterocycles. The van der Waals surface area contributed by atoms with Crippen LogP contribution in [0.2, 0.25) is 0 Å². The number of amides is 1. The summed E-state index contributed by atoms with van der Waals surface area (Å²) in [6.45, 7) is 7.33. The summed E-state index contributed by atoms with van der Waals surface area (Å²) in [4.78, 5) is 27.7. The number of hydrogen-bond acceptors (Lipinski definition) is 5. The highest BCUT2D eigenvalue weighted by Gasteiger charge is 2.57. The number of benzene rings is 1.